The van der Waals surface area contributed by atoms with Gasteiger partial charge in [0, 0.05) is 6.54 Å². The van der Waals surface area contributed by atoms with Crippen LogP contribution in [0.2, 0.25) is 0 Å². The van der Waals surface area contributed by atoms with E-state index >= 15 is 0 Å². The number of hydrogen-bond acceptors (Lipinski definition) is 5. The van der Waals surface area contributed by atoms with Crippen molar-refractivity contribution in [2.45, 2.75) is 51.0 Å². The van der Waals surface area contributed by atoms with E-state index in [0.717, 1.165) is 49.2 Å². The first-order valence-electron chi connectivity index (χ1n) is 10.5. The Morgan fingerprint density at radius 3 is 2.93 bits per heavy atom. The van der Waals surface area contributed by atoms with Crippen LogP contribution in [0.15, 0.2) is 35.9 Å². The summed E-state index contributed by atoms with van der Waals surface area (Å²) in [7, 11) is 0. The molecule has 2 aliphatic rings. The van der Waals surface area contributed by atoms with E-state index < -0.39 is 6.03 Å². The number of aromatic nitrogens is 1. The maximum absolute atomic E-state index is 12.4. The Morgan fingerprint density at radius 2 is 2.10 bits per heavy atom. The van der Waals surface area contributed by atoms with E-state index in [9.17, 15) is 9.59 Å². The highest BCUT2D eigenvalue weighted by Gasteiger charge is 2.30. The Morgan fingerprint density at radius 1 is 1.21 bits per heavy atom. The normalized spacial score (nSPS) is 19.9. The first-order valence-corrected chi connectivity index (χ1v) is 11.4. The fourth-order valence-electron chi connectivity index (χ4n) is 4.19. The maximum atomic E-state index is 12.4. The zero-order chi connectivity index (χ0) is 20.1. The predicted molar refractivity (Wildman–Crippen MR) is 116 cm³/mol. The summed E-state index contributed by atoms with van der Waals surface area (Å²) in [5.74, 6) is -0.257. The van der Waals surface area contributed by atoms with Crippen molar-refractivity contribution in [1.82, 2.24) is 20.5 Å². The third-order valence-electron chi connectivity index (χ3n) is 5.68. The molecule has 1 aliphatic carbocycles. The standard InChI is InChI=1S/C22H28N4O2S/c27-20(25-22(28)23-13-12-16-7-2-1-3-8-16)15-26-14-6-10-18(26)21-24-17-9-4-5-11-19(17)29-21/h4-5,7,9,11,18H,1-3,6,8,10,12-15H2,(H2,23,25,27,28)/t18-/m0/s1. The average molecular weight is 413 g/mol. The van der Waals surface area contributed by atoms with Crippen molar-refractivity contribution in [1.29, 1.82) is 0 Å². The molecule has 3 amide bonds. The van der Waals surface area contributed by atoms with E-state index in [0.29, 0.717) is 6.54 Å². The zero-order valence-electron chi connectivity index (χ0n) is 16.7. The number of carbonyl (C=O) groups is 2. The molecule has 0 spiro atoms. The Kier molecular flexibility index (Phi) is 6.56. The topological polar surface area (TPSA) is 74.3 Å². The summed E-state index contributed by atoms with van der Waals surface area (Å²) in [5.41, 5.74) is 2.43. The molecule has 2 N–H and O–H groups in total. The molecule has 1 aromatic carbocycles. The highest BCUT2D eigenvalue weighted by Crippen LogP contribution is 2.36. The summed E-state index contributed by atoms with van der Waals surface area (Å²) >= 11 is 1.69. The lowest BCUT2D eigenvalue weighted by Crippen LogP contribution is -2.44. The van der Waals surface area contributed by atoms with Gasteiger partial charge in [0.25, 0.3) is 0 Å². The molecule has 1 saturated heterocycles. The third kappa shape index (κ3) is 5.22. The van der Waals surface area contributed by atoms with Crippen molar-refractivity contribution in [3.05, 3.63) is 40.9 Å². The Balaban J connectivity index is 1.26. The van der Waals surface area contributed by atoms with Crippen molar-refractivity contribution in [2.75, 3.05) is 19.6 Å². The highest BCUT2D eigenvalue weighted by atomic mass is 32.1. The van der Waals surface area contributed by atoms with Crippen molar-refractivity contribution in [3.63, 3.8) is 0 Å². The van der Waals surface area contributed by atoms with Gasteiger partial charge >= 0.3 is 6.03 Å². The van der Waals surface area contributed by atoms with E-state index in [4.69, 9.17) is 4.98 Å². The number of urea groups is 1. The van der Waals surface area contributed by atoms with Crippen LogP contribution in [0.3, 0.4) is 0 Å². The van der Waals surface area contributed by atoms with Crippen LogP contribution in [0.1, 0.15) is 56.0 Å². The zero-order valence-corrected chi connectivity index (χ0v) is 17.5. The van der Waals surface area contributed by atoms with Crippen molar-refractivity contribution >= 4 is 33.5 Å². The summed E-state index contributed by atoms with van der Waals surface area (Å²) in [4.78, 5) is 31.3. The number of imide groups is 1. The van der Waals surface area contributed by atoms with Crippen LogP contribution in [-0.4, -0.2) is 41.5 Å². The van der Waals surface area contributed by atoms with E-state index in [1.54, 1.807) is 11.3 Å². The van der Waals surface area contributed by atoms with Gasteiger partial charge < -0.3 is 5.32 Å². The van der Waals surface area contributed by atoms with Gasteiger partial charge in [-0.1, -0.05) is 23.8 Å². The summed E-state index contributed by atoms with van der Waals surface area (Å²) in [5, 5.41) is 6.34. The van der Waals surface area contributed by atoms with Crippen molar-refractivity contribution < 1.29 is 9.59 Å². The van der Waals surface area contributed by atoms with Crippen LogP contribution in [0, 0.1) is 0 Å². The van der Waals surface area contributed by atoms with Crippen LogP contribution in [-0.2, 0) is 4.79 Å². The minimum atomic E-state index is -0.401. The maximum Gasteiger partial charge on any atom is 0.321 e. The predicted octanol–water partition coefficient (Wildman–Crippen LogP) is 4.15. The molecule has 4 rings (SSSR count). The molecule has 0 bridgehead atoms. The van der Waals surface area contributed by atoms with Gasteiger partial charge in [-0.25, -0.2) is 9.78 Å². The summed E-state index contributed by atoms with van der Waals surface area (Å²) in [6.07, 6.45) is 9.96. The Labute approximate surface area is 175 Å². The molecular formula is C22H28N4O2S. The minimum absolute atomic E-state index is 0.152. The van der Waals surface area contributed by atoms with Crippen LogP contribution in [0.25, 0.3) is 10.2 Å². The number of fused-ring (bicyclic) bond motifs is 1. The molecule has 1 aliphatic heterocycles. The summed E-state index contributed by atoms with van der Waals surface area (Å²) in [6, 6.07) is 7.87. The van der Waals surface area contributed by atoms with Crippen LogP contribution in [0.4, 0.5) is 4.79 Å². The third-order valence-corrected chi connectivity index (χ3v) is 6.81. The van der Waals surface area contributed by atoms with Gasteiger partial charge in [0.05, 0.1) is 22.8 Å². The summed E-state index contributed by atoms with van der Waals surface area (Å²) in [6.45, 7) is 1.64. The second-order valence-electron chi connectivity index (χ2n) is 7.81. The van der Waals surface area contributed by atoms with Gasteiger partial charge in [-0.05, 0) is 63.6 Å². The number of benzene rings is 1. The fourth-order valence-corrected chi connectivity index (χ4v) is 5.33. The number of nitrogens with zero attached hydrogens (tertiary/aromatic N) is 2. The second-order valence-corrected chi connectivity index (χ2v) is 8.87. The molecule has 0 unspecified atom stereocenters. The van der Waals surface area contributed by atoms with Gasteiger partial charge in [0.1, 0.15) is 5.01 Å². The van der Waals surface area contributed by atoms with E-state index in [2.05, 4.69) is 27.7 Å². The van der Waals surface area contributed by atoms with E-state index in [1.165, 1.54) is 23.1 Å². The van der Waals surface area contributed by atoms with Crippen LogP contribution < -0.4 is 10.6 Å². The number of allylic oxidation sites excluding steroid dienone is 1. The van der Waals surface area contributed by atoms with Gasteiger partial charge in [-0.15, -0.1) is 11.3 Å². The molecule has 7 heteroatoms. The monoisotopic (exact) mass is 412 g/mol. The number of carbonyl (C=O) groups excluding carboxylic acids is 2. The largest absolute Gasteiger partial charge is 0.337 e. The lowest BCUT2D eigenvalue weighted by atomic mass is 9.97. The van der Waals surface area contributed by atoms with Crippen molar-refractivity contribution in [2.24, 2.45) is 0 Å². The number of likely N-dealkylation sites (tertiary alicyclic amines) is 1. The average Bonchev–Trinajstić information content (AvgIpc) is 3.35. The number of rotatable bonds is 6. The molecule has 1 aromatic heterocycles. The first-order chi connectivity index (χ1) is 14.2. The summed E-state index contributed by atoms with van der Waals surface area (Å²) < 4.78 is 1.17. The van der Waals surface area contributed by atoms with E-state index in [1.807, 2.05) is 18.2 Å². The number of amides is 3. The molecule has 1 fully saturated rings. The number of thiazole rings is 1. The second kappa shape index (κ2) is 9.50. The molecule has 6 nitrogen and oxygen atoms in total. The smallest absolute Gasteiger partial charge is 0.321 e. The minimum Gasteiger partial charge on any atom is -0.337 e. The molecule has 2 aromatic rings. The lowest BCUT2D eigenvalue weighted by Gasteiger charge is -2.21. The van der Waals surface area contributed by atoms with Crippen LogP contribution in [0.5, 0.6) is 0 Å². The first kappa shape index (κ1) is 20.0. The van der Waals surface area contributed by atoms with Crippen LogP contribution >= 0.6 is 11.3 Å². The van der Waals surface area contributed by atoms with Gasteiger partial charge in [0.2, 0.25) is 5.91 Å². The molecule has 154 valence electrons. The Bertz CT molecular complexity index is 874. The quantitative estimate of drug-likeness (QED) is 0.699. The number of nitrogens with one attached hydrogen (secondary N) is 2. The molecule has 0 saturated carbocycles. The molecule has 0 radical (unpaired) electrons. The molecular weight excluding hydrogens is 384 g/mol. The number of para-hydroxylation sites is 1. The molecule has 2 heterocycles. The van der Waals surface area contributed by atoms with Gasteiger partial charge in [-0.3, -0.25) is 15.0 Å². The lowest BCUT2D eigenvalue weighted by molar-refractivity contribution is -0.121. The highest BCUT2D eigenvalue weighted by molar-refractivity contribution is 7.18. The molecule has 29 heavy (non-hydrogen) atoms. The Hall–Kier alpha value is -2.25. The SMILES string of the molecule is O=C(CN1CCC[C@H]1c1nc2ccccc2s1)NC(=O)NCCC1=CCCCC1. The van der Waals surface area contributed by atoms with Gasteiger partial charge in [-0.2, -0.15) is 0 Å². The van der Waals surface area contributed by atoms with Gasteiger partial charge in [0.15, 0.2) is 0 Å². The number of hydrogen-bond donors (Lipinski definition) is 2. The van der Waals surface area contributed by atoms with E-state index in [-0.39, 0.29) is 18.5 Å². The van der Waals surface area contributed by atoms with Crippen molar-refractivity contribution in [3.8, 4) is 0 Å². The fraction of sp³-hybridized carbons (Fsp3) is 0.500. The molecule has 1 atom stereocenters.